The molecule has 1 heterocycles. The largest absolute Gasteiger partial charge is 0.394 e. The molecule has 5 nitrogen and oxygen atoms in total. The van der Waals surface area contributed by atoms with E-state index in [1.165, 1.54) is 11.3 Å². The van der Waals surface area contributed by atoms with Crippen molar-refractivity contribution >= 4 is 16.5 Å². The lowest BCUT2D eigenvalue weighted by atomic mass is 10.1. The van der Waals surface area contributed by atoms with Gasteiger partial charge in [0.15, 0.2) is 0 Å². The summed E-state index contributed by atoms with van der Waals surface area (Å²) in [6, 6.07) is 0. The van der Waals surface area contributed by atoms with E-state index in [2.05, 4.69) is 15.5 Å². The Morgan fingerprint density at radius 2 is 2.00 bits per heavy atom. The van der Waals surface area contributed by atoms with Crippen molar-refractivity contribution in [2.75, 3.05) is 18.5 Å². The normalized spacial score (nSPS) is 11.7. The maximum absolute atomic E-state index is 8.99. The van der Waals surface area contributed by atoms with Crippen molar-refractivity contribution in [3.05, 3.63) is 5.01 Å². The summed E-state index contributed by atoms with van der Waals surface area (Å²) < 4.78 is 0. The van der Waals surface area contributed by atoms with Crippen molar-refractivity contribution in [2.24, 2.45) is 0 Å². The van der Waals surface area contributed by atoms with Crippen molar-refractivity contribution in [3.63, 3.8) is 0 Å². The van der Waals surface area contributed by atoms with Gasteiger partial charge in [0, 0.05) is 0 Å². The van der Waals surface area contributed by atoms with Crippen molar-refractivity contribution in [1.29, 1.82) is 0 Å². The van der Waals surface area contributed by atoms with Gasteiger partial charge in [0.25, 0.3) is 0 Å². The highest BCUT2D eigenvalue weighted by atomic mass is 32.1. The summed E-state index contributed by atoms with van der Waals surface area (Å²) in [5.41, 5.74) is -0.730. The number of hydrogen-bond donors (Lipinski definition) is 3. The second-order valence-electron chi connectivity index (χ2n) is 3.13. The highest BCUT2D eigenvalue weighted by Gasteiger charge is 2.23. The molecule has 1 aromatic heterocycles. The minimum atomic E-state index is -0.730. The number of hydrogen-bond acceptors (Lipinski definition) is 6. The number of rotatable bonds is 4. The molecule has 0 spiro atoms. The van der Waals surface area contributed by atoms with Crippen LogP contribution < -0.4 is 5.32 Å². The lowest BCUT2D eigenvalue weighted by molar-refractivity contribution is 0.147. The van der Waals surface area contributed by atoms with Crippen LogP contribution in [0.25, 0.3) is 0 Å². The van der Waals surface area contributed by atoms with Gasteiger partial charge < -0.3 is 15.5 Å². The van der Waals surface area contributed by atoms with E-state index in [1.54, 1.807) is 6.92 Å². The maximum atomic E-state index is 8.99. The molecule has 13 heavy (non-hydrogen) atoms. The van der Waals surface area contributed by atoms with Crippen molar-refractivity contribution < 1.29 is 10.2 Å². The van der Waals surface area contributed by atoms with Crippen LogP contribution in [0.4, 0.5) is 5.13 Å². The average Bonchev–Trinajstić information content (AvgIpc) is 2.51. The quantitative estimate of drug-likeness (QED) is 0.642. The van der Waals surface area contributed by atoms with E-state index in [9.17, 15) is 0 Å². The predicted molar refractivity (Wildman–Crippen MR) is 50.8 cm³/mol. The molecule has 6 heteroatoms. The van der Waals surface area contributed by atoms with Crippen LogP contribution in [0.3, 0.4) is 0 Å². The zero-order valence-corrected chi connectivity index (χ0v) is 8.43. The third-order valence-electron chi connectivity index (χ3n) is 1.63. The van der Waals surface area contributed by atoms with Crippen LogP contribution in [0.1, 0.15) is 11.9 Å². The highest BCUT2D eigenvalue weighted by molar-refractivity contribution is 7.15. The first kappa shape index (κ1) is 10.4. The summed E-state index contributed by atoms with van der Waals surface area (Å²) in [5, 5.41) is 30.0. The van der Waals surface area contributed by atoms with E-state index < -0.39 is 5.54 Å². The van der Waals surface area contributed by atoms with E-state index in [4.69, 9.17) is 10.2 Å². The van der Waals surface area contributed by atoms with Gasteiger partial charge in [-0.1, -0.05) is 11.3 Å². The monoisotopic (exact) mass is 203 g/mol. The Labute approximate surface area is 80.4 Å². The molecule has 0 atom stereocenters. The van der Waals surface area contributed by atoms with Gasteiger partial charge in [0.05, 0.1) is 18.8 Å². The van der Waals surface area contributed by atoms with Gasteiger partial charge in [-0.2, -0.15) is 0 Å². The van der Waals surface area contributed by atoms with Crippen molar-refractivity contribution in [3.8, 4) is 0 Å². The molecule has 0 saturated carbocycles. The molecule has 3 N–H and O–H groups in total. The number of aliphatic hydroxyl groups excluding tert-OH is 2. The third kappa shape index (κ3) is 2.61. The van der Waals surface area contributed by atoms with Crippen LogP contribution in [0.5, 0.6) is 0 Å². The number of aryl methyl sites for hydroxylation is 1. The number of nitrogens with zero attached hydrogens (tertiary/aromatic N) is 2. The zero-order chi connectivity index (χ0) is 9.90. The molecule has 74 valence electrons. The molecule has 0 aliphatic rings. The molecule has 0 bridgehead atoms. The molecular weight excluding hydrogens is 190 g/mol. The fourth-order valence-corrected chi connectivity index (χ4v) is 1.47. The molecule has 0 aliphatic heterocycles. The Morgan fingerprint density at radius 3 is 2.38 bits per heavy atom. The van der Waals surface area contributed by atoms with Crippen LogP contribution in [0, 0.1) is 6.92 Å². The standard InChI is InChI=1S/C7H13N3O2S/c1-5-9-10-6(13-5)8-7(2,3-11)4-12/h11-12H,3-4H2,1-2H3,(H,8,10). The summed E-state index contributed by atoms with van der Waals surface area (Å²) in [6.07, 6.45) is 0. The summed E-state index contributed by atoms with van der Waals surface area (Å²) in [4.78, 5) is 0. The molecule has 0 aromatic carbocycles. The summed E-state index contributed by atoms with van der Waals surface area (Å²) in [5.74, 6) is 0. The van der Waals surface area contributed by atoms with E-state index in [1.807, 2.05) is 6.92 Å². The first-order valence-electron chi connectivity index (χ1n) is 3.90. The maximum Gasteiger partial charge on any atom is 0.206 e. The molecule has 0 fully saturated rings. The first-order valence-corrected chi connectivity index (χ1v) is 4.71. The second-order valence-corrected chi connectivity index (χ2v) is 4.31. The topological polar surface area (TPSA) is 78.3 Å². The number of aromatic nitrogens is 2. The molecular formula is C7H13N3O2S. The third-order valence-corrected chi connectivity index (χ3v) is 2.39. The van der Waals surface area contributed by atoms with Crippen LogP contribution >= 0.6 is 11.3 Å². The van der Waals surface area contributed by atoms with Gasteiger partial charge in [-0.3, -0.25) is 0 Å². The van der Waals surface area contributed by atoms with E-state index in [-0.39, 0.29) is 13.2 Å². The van der Waals surface area contributed by atoms with Gasteiger partial charge in [0.1, 0.15) is 5.01 Å². The van der Waals surface area contributed by atoms with Gasteiger partial charge in [-0.25, -0.2) is 0 Å². The predicted octanol–water partition coefficient (Wildman–Crippen LogP) is 0.00172. The van der Waals surface area contributed by atoms with Crippen LogP contribution in [-0.4, -0.2) is 39.2 Å². The molecule has 0 aliphatic carbocycles. The number of anilines is 1. The van der Waals surface area contributed by atoms with E-state index in [0.717, 1.165) is 5.01 Å². The Kier molecular flexibility index (Phi) is 3.18. The molecule has 0 unspecified atom stereocenters. The fraction of sp³-hybridized carbons (Fsp3) is 0.714. The van der Waals surface area contributed by atoms with Gasteiger partial charge in [-0.05, 0) is 13.8 Å². The van der Waals surface area contributed by atoms with E-state index in [0.29, 0.717) is 5.13 Å². The van der Waals surface area contributed by atoms with E-state index >= 15 is 0 Å². The number of aliphatic hydroxyl groups is 2. The highest BCUT2D eigenvalue weighted by Crippen LogP contribution is 2.18. The summed E-state index contributed by atoms with van der Waals surface area (Å²) >= 11 is 1.39. The van der Waals surface area contributed by atoms with Crippen LogP contribution in [-0.2, 0) is 0 Å². The smallest absolute Gasteiger partial charge is 0.206 e. The minimum Gasteiger partial charge on any atom is -0.394 e. The summed E-state index contributed by atoms with van der Waals surface area (Å²) in [6.45, 7) is 3.26. The molecule has 0 amide bonds. The van der Waals surface area contributed by atoms with Gasteiger partial charge in [0.2, 0.25) is 5.13 Å². The minimum absolute atomic E-state index is 0.151. The molecule has 1 aromatic rings. The molecule has 0 radical (unpaired) electrons. The first-order chi connectivity index (χ1) is 6.09. The lowest BCUT2D eigenvalue weighted by Gasteiger charge is -2.25. The Bertz CT molecular complexity index is 272. The fourth-order valence-electron chi connectivity index (χ4n) is 0.734. The Hall–Kier alpha value is -0.720. The zero-order valence-electron chi connectivity index (χ0n) is 7.61. The van der Waals surface area contributed by atoms with Crippen molar-refractivity contribution in [1.82, 2.24) is 10.2 Å². The molecule has 0 saturated heterocycles. The van der Waals surface area contributed by atoms with Crippen molar-refractivity contribution in [2.45, 2.75) is 19.4 Å². The van der Waals surface area contributed by atoms with Gasteiger partial charge in [-0.15, -0.1) is 10.2 Å². The Morgan fingerprint density at radius 1 is 1.38 bits per heavy atom. The molecule has 1 rings (SSSR count). The lowest BCUT2D eigenvalue weighted by Crippen LogP contribution is -2.42. The number of nitrogens with one attached hydrogen (secondary N) is 1. The Balaban J connectivity index is 2.67. The SMILES string of the molecule is Cc1nnc(NC(C)(CO)CO)s1. The summed E-state index contributed by atoms with van der Waals surface area (Å²) in [7, 11) is 0. The second kappa shape index (κ2) is 3.99. The van der Waals surface area contributed by atoms with Gasteiger partial charge >= 0.3 is 0 Å². The average molecular weight is 203 g/mol. The van der Waals surface area contributed by atoms with Crippen LogP contribution in [0.15, 0.2) is 0 Å². The van der Waals surface area contributed by atoms with Crippen LogP contribution in [0.2, 0.25) is 0 Å².